The molecule has 0 saturated heterocycles. The van der Waals surface area contributed by atoms with Crippen LogP contribution >= 0.6 is 15.9 Å². The van der Waals surface area contributed by atoms with E-state index in [1.807, 2.05) is 30.3 Å². The fraction of sp³-hybridized carbons (Fsp3) is 0.375. The van der Waals surface area contributed by atoms with Crippen molar-refractivity contribution in [2.75, 3.05) is 5.33 Å². The second-order valence-corrected chi connectivity index (χ2v) is 5.96. The van der Waals surface area contributed by atoms with Crippen molar-refractivity contribution in [3.05, 3.63) is 42.1 Å². The van der Waals surface area contributed by atoms with Gasteiger partial charge in [0.25, 0.3) is 5.91 Å². The number of alkyl halides is 1. The molecule has 104 valence electrons. The van der Waals surface area contributed by atoms with Gasteiger partial charge in [0.05, 0.1) is 5.52 Å². The van der Waals surface area contributed by atoms with Gasteiger partial charge in [-0.05, 0) is 30.9 Å². The molecule has 0 aliphatic heterocycles. The predicted octanol–water partition coefficient (Wildman–Crippen LogP) is 3.53. The van der Waals surface area contributed by atoms with Crippen LogP contribution in [0.25, 0.3) is 10.9 Å². The number of fused-ring (bicyclic) bond motifs is 1. The summed E-state index contributed by atoms with van der Waals surface area (Å²) in [4.78, 5) is 16.8. The summed E-state index contributed by atoms with van der Waals surface area (Å²) in [6, 6.07) is 11.9. The zero-order chi connectivity index (χ0) is 13.9. The van der Waals surface area contributed by atoms with Crippen molar-refractivity contribution < 1.29 is 4.79 Å². The lowest BCUT2D eigenvalue weighted by atomic mass is 10.1. The number of carbonyl (C=O) groups is 1. The smallest absolute Gasteiger partial charge is 0.270 e. The highest BCUT2D eigenvalue weighted by molar-refractivity contribution is 9.09. The Morgan fingerprint density at radius 3 is 2.95 bits per heavy atom. The molecule has 2 unspecified atom stereocenters. The van der Waals surface area contributed by atoms with Gasteiger partial charge in [-0.2, -0.15) is 0 Å². The molecule has 4 heteroatoms. The Bertz CT molecular complexity index is 629. The average Bonchev–Trinajstić information content (AvgIpc) is 2.94. The van der Waals surface area contributed by atoms with Crippen molar-refractivity contribution in [1.29, 1.82) is 0 Å². The van der Waals surface area contributed by atoms with Crippen LogP contribution in [0.2, 0.25) is 0 Å². The van der Waals surface area contributed by atoms with Gasteiger partial charge in [-0.3, -0.25) is 4.79 Å². The number of carbonyl (C=O) groups excluding carboxylic acids is 1. The van der Waals surface area contributed by atoms with Gasteiger partial charge < -0.3 is 5.32 Å². The summed E-state index contributed by atoms with van der Waals surface area (Å²) < 4.78 is 0. The maximum atomic E-state index is 12.3. The van der Waals surface area contributed by atoms with Crippen molar-refractivity contribution in [2.45, 2.75) is 25.3 Å². The maximum Gasteiger partial charge on any atom is 0.270 e. The lowest BCUT2D eigenvalue weighted by Gasteiger charge is -2.18. The van der Waals surface area contributed by atoms with Crippen LogP contribution < -0.4 is 5.32 Å². The molecule has 0 radical (unpaired) electrons. The van der Waals surface area contributed by atoms with Crippen molar-refractivity contribution in [3.63, 3.8) is 0 Å². The summed E-state index contributed by atoms with van der Waals surface area (Å²) in [5.41, 5.74) is 1.37. The summed E-state index contributed by atoms with van der Waals surface area (Å²) in [5.74, 6) is 0.480. The first-order valence-corrected chi connectivity index (χ1v) is 8.12. The molecule has 1 aliphatic carbocycles. The third-order valence-electron chi connectivity index (χ3n) is 4.00. The molecule has 1 aliphatic rings. The van der Waals surface area contributed by atoms with E-state index < -0.39 is 0 Å². The van der Waals surface area contributed by atoms with Gasteiger partial charge in [-0.1, -0.05) is 46.6 Å². The van der Waals surface area contributed by atoms with Crippen LogP contribution in [0.3, 0.4) is 0 Å². The van der Waals surface area contributed by atoms with E-state index in [0.717, 1.165) is 22.7 Å². The van der Waals surface area contributed by atoms with Gasteiger partial charge in [0.1, 0.15) is 5.69 Å². The first kappa shape index (κ1) is 13.6. The van der Waals surface area contributed by atoms with Crippen LogP contribution in [-0.2, 0) is 0 Å². The summed E-state index contributed by atoms with van der Waals surface area (Å²) in [6.07, 6.45) is 3.43. The molecule has 1 amide bonds. The molecule has 1 aromatic heterocycles. The van der Waals surface area contributed by atoms with Crippen molar-refractivity contribution in [2.24, 2.45) is 5.92 Å². The lowest BCUT2D eigenvalue weighted by molar-refractivity contribution is 0.0925. The summed E-state index contributed by atoms with van der Waals surface area (Å²) >= 11 is 3.53. The molecule has 1 N–H and O–H groups in total. The van der Waals surface area contributed by atoms with E-state index in [9.17, 15) is 4.79 Å². The molecule has 1 aromatic carbocycles. The monoisotopic (exact) mass is 332 g/mol. The van der Waals surface area contributed by atoms with E-state index >= 15 is 0 Å². The van der Waals surface area contributed by atoms with Crippen LogP contribution in [0.4, 0.5) is 0 Å². The highest BCUT2D eigenvalue weighted by Gasteiger charge is 2.28. The molecule has 3 nitrogen and oxygen atoms in total. The van der Waals surface area contributed by atoms with Gasteiger partial charge >= 0.3 is 0 Å². The van der Waals surface area contributed by atoms with E-state index in [1.165, 1.54) is 12.8 Å². The van der Waals surface area contributed by atoms with Crippen LogP contribution in [0.5, 0.6) is 0 Å². The van der Waals surface area contributed by atoms with E-state index in [-0.39, 0.29) is 11.9 Å². The molecule has 1 fully saturated rings. The normalized spacial score (nSPS) is 22.1. The number of amides is 1. The van der Waals surface area contributed by atoms with Crippen LogP contribution in [0.1, 0.15) is 29.8 Å². The summed E-state index contributed by atoms with van der Waals surface area (Å²) in [7, 11) is 0. The Morgan fingerprint density at radius 2 is 2.10 bits per heavy atom. The minimum absolute atomic E-state index is 0.0615. The molecule has 3 rings (SSSR count). The van der Waals surface area contributed by atoms with E-state index in [2.05, 4.69) is 26.2 Å². The fourth-order valence-electron chi connectivity index (χ4n) is 2.85. The molecular weight excluding hydrogens is 316 g/mol. The Kier molecular flexibility index (Phi) is 4.01. The SMILES string of the molecule is O=C(NC1CCCC1CBr)c1ccc2ccccc2n1. The van der Waals surface area contributed by atoms with Crippen molar-refractivity contribution in [3.8, 4) is 0 Å². The molecule has 1 heterocycles. The van der Waals surface area contributed by atoms with E-state index in [0.29, 0.717) is 11.6 Å². The van der Waals surface area contributed by atoms with Crippen LogP contribution in [0.15, 0.2) is 36.4 Å². The highest BCUT2D eigenvalue weighted by Crippen LogP contribution is 2.27. The molecule has 2 aromatic rings. The van der Waals surface area contributed by atoms with Gasteiger partial charge in [0.2, 0.25) is 0 Å². The number of nitrogens with zero attached hydrogens (tertiary/aromatic N) is 1. The number of benzene rings is 1. The molecule has 1 saturated carbocycles. The summed E-state index contributed by atoms with van der Waals surface area (Å²) in [6.45, 7) is 0. The average molecular weight is 333 g/mol. The zero-order valence-corrected chi connectivity index (χ0v) is 12.8. The Labute approximate surface area is 126 Å². The third kappa shape index (κ3) is 2.70. The van der Waals surface area contributed by atoms with Gasteiger partial charge in [0.15, 0.2) is 0 Å². The second-order valence-electron chi connectivity index (χ2n) is 5.31. The van der Waals surface area contributed by atoms with Gasteiger partial charge in [0, 0.05) is 16.8 Å². The van der Waals surface area contributed by atoms with Crippen molar-refractivity contribution in [1.82, 2.24) is 10.3 Å². The first-order valence-electron chi connectivity index (χ1n) is 7.00. The molecule has 0 bridgehead atoms. The summed E-state index contributed by atoms with van der Waals surface area (Å²) in [5, 5.41) is 5.14. The van der Waals surface area contributed by atoms with E-state index in [1.54, 1.807) is 6.07 Å². The third-order valence-corrected chi connectivity index (χ3v) is 4.84. The molecular formula is C16H17BrN2O. The number of nitrogens with one attached hydrogen (secondary N) is 1. The number of pyridine rings is 1. The first-order chi connectivity index (χ1) is 9.78. The topological polar surface area (TPSA) is 42.0 Å². The number of aromatic nitrogens is 1. The van der Waals surface area contributed by atoms with Crippen molar-refractivity contribution >= 4 is 32.7 Å². The van der Waals surface area contributed by atoms with Crippen LogP contribution in [0, 0.1) is 5.92 Å². The molecule has 20 heavy (non-hydrogen) atoms. The maximum absolute atomic E-state index is 12.3. The molecule has 0 spiro atoms. The Morgan fingerprint density at radius 1 is 1.25 bits per heavy atom. The number of para-hydroxylation sites is 1. The van der Waals surface area contributed by atoms with Gasteiger partial charge in [-0.25, -0.2) is 4.98 Å². The Balaban J connectivity index is 1.78. The number of hydrogen-bond donors (Lipinski definition) is 1. The zero-order valence-electron chi connectivity index (χ0n) is 11.2. The fourth-order valence-corrected chi connectivity index (χ4v) is 3.62. The van der Waals surface area contributed by atoms with E-state index in [4.69, 9.17) is 0 Å². The number of rotatable bonds is 3. The minimum atomic E-state index is -0.0615. The number of halogens is 1. The minimum Gasteiger partial charge on any atom is -0.348 e. The quantitative estimate of drug-likeness (QED) is 0.873. The van der Waals surface area contributed by atoms with Gasteiger partial charge in [-0.15, -0.1) is 0 Å². The Hall–Kier alpha value is -1.42. The van der Waals surface area contributed by atoms with Crippen LogP contribution in [-0.4, -0.2) is 22.3 Å². The number of hydrogen-bond acceptors (Lipinski definition) is 2. The lowest BCUT2D eigenvalue weighted by Crippen LogP contribution is -2.38. The molecule has 2 atom stereocenters. The predicted molar refractivity (Wildman–Crippen MR) is 84.1 cm³/mol. The second kappa shape index (κ2) is 5.92. The standard InChI is InChI=1S/C16H17BrN2O/c17-10-12-5-3-7-14(12)19-16(20)15-9-8-11-4-1-2-6-13(11)18-15/h1-2,4,6,8-9,12,14H,3,5,7,10H2,(H,19,20). The largest absolute Gasteiger partial charge is 0.348 e. The highest BCUT2D eigenvalue weighted by atomic mass is 79.9.